The van der Waals surface area contributed by atoms with Crippen LogP contribution < -0.4 is 16.7 Å². The third-order valence-corrected chi connectivity index (χ3v) is 5.75. The van der Waals surface area contributed by atoms with Gasteiger partial charge < -0.3 is 10.4 Å². The van der Waals surface area contributed by atoms with Gasteiger partial charge in [-0.2, -0.15) is 18.2 Å². The zero-order chi connectivity index (χ0) is 26.9. The normalized spacial score (nSPS) is 12.5. The summed E-state index contributed by atoms with van der Waals surface area (Å²) < 4.78 is 40.9. The van der Waals surface area contributed by atoms with Crippen LogP contribution in [0.25, 0.3) is 10.9 Å². The highest BCUT2D eigenvalue weighted by Crippen LogP contribution is 2.30. The van der Waals surface area contributed by atoms with Crippen molar-refractivity contribution in [3.63, 3.8) is 0 Å². The summed E-state index contributed by atoms with van der Waals surface area (Å²) in [5.41, 5.74) is -1.69. The fraction of sp³-hybridized carbons (Fsp3) is 0.208. The molecular formula is C24H19ClF3N5O4. The van der Waals surface area contributed by atoms with Crippen molar-refractivity contribution in [3.8, 4) is 0 Å². The molecule has 13 heteroatoms. The van der Waals surface area contributed by atoms with E-state index in [0.29, 0.717) is 21.7 Å². The molecule has 0 fully saturated rings. The molecule has 4 rings (SSSR count). The number of hydrogen-bond acceptors (Lipinski definition) is 6. The third kappa shape index (κ3) is 5.80. The molecule has 2 N–H and O–H groups in total. The number of carbonyl (C=O) groups is 1. The first-order valence-corrected chi connectivity index (χ1v) is 11.2. The minimum absolute atomic E-state index is 0.0323. The lowest BCUT2D eigenvalue weighted by Crippen LogP contribution is -2.44. The highest BCUT2D eigenvalue weighted by Gasteiger charge is 2.32. The van der Waals surface area contributed by atoms with Crippen LogP contribution in [0.1, 0.15) is 30.6 Å². The number of nitrogens with one attached hydrogen (secondary N) is 1. The molecule has 2 aromatic heterocycles. The van der Waals surface area contributed by atoms with Crippen LogP contribution in [0.3, 0.4) is 0 Å². The maximum Gasteiger partial charge on any atom is 0.433 e. The van der Waals surface area contributed by atoms with Gasteiger partial charge in [0.1, 0.15) is 5.69 Å². The molecule has 0 unspecified atom stereocenters. The number of rotatable bonds is 7. The van der Waals surface area contributed by atoms with Gasteiger partial charge in [0.15, 0.2) is 0 Å². The average Bonchev–Trinajstić information content (AvgIpc) is 2.81. The Bertz CT molecular complexity index is 1600. The van der Waals surface area contributed by atoms with Crippen LogP contribution in [0.2, 0.25) is 5.02 Å². The second-order valence-corrected chi connectivity index (χ2v) is 8.69. The summed E-state index contributed by atoms with van der Waals surface area (Å²) in [7, 11) is 0. The zero-order valence-electron chi connectivity index (χ0n) is 19.2. The fourth-order valence-electron chi connectivity index (χ4n) is 3.73. The summed E-state index contributed by atoms with van der Waals surface area (Å²) in [6.07, 6.45) is -5.06. The number of carboxylic acids is 1. The molecule has 1 atom stereocenters. The van der Waals surface area contributed by atoms with E-state index in [1.165, 1.54) is 31.2 Å². The molecule has 0 amide bonds. The van der Waals surface area contributed by atoms with Crippen LogP contribution in [0.4, 0.5) is 24.8 Å². The monoisotopic (exact) mass is 533 g/mol. The number of halogens is 4. The van der Waals surface area contributed by atoms with Gasteiger partial charge >= 0.3 is 23.5 Å². The second-order valence-electron chi connectivity index (χ2n) is 8.26. The van der Waals surface area contributed by atoms with Crippen LogP contribution in [-0.4, -0.2) is 30.2 Å². The predicted octanol–water partition coefficient (Wildman–Crippen LogP) is 4.45. The maximum absolute atomic E-state index is 13.3. The van der Waals surface area contributed by atoms with Crippen molar-refractivity contribution in [2.75, 3.05) is 5.32 Å². The van der Waals surface area contributed by atoms with Gasteiger partial charge in [-0.3, -0.25) is 9.36 Å². The molecule has 0 radical (unpaired) electrons. The van der Waals surface area contributed by atoms with Crippen molar-refractivity contribution < 1.29 is 23.1 Å². The highest BCUT2D eigenvalue weighted by molar-refractivity contribution is 6.30. The lowest BCUT2D eigenvalue weighted by Gasteiger charge is -2.18. The number of benzene rings is 2. The van der Waals surface area contributed by atoms with Gasteiger partial charge in [0.25, 0.3) is 0 Å². The summed E-state index contributed by atoms with van der Waals surface area (Å²) in [5, 5.41) is 12.9. The van der Waals surface area contributed by atoms with Gasteiger partial charge in [-0.1, -0.05) is 29.8 Å². The van der Waals surface area contributed by atoms with E-state index >= 15 is 0 Å². The molecule has 9 nitrogen and oxygen atoms in total. The van der Waals surface area contributed by atoms with Crippen molar-refractivity contribution in [1.29, 1.82) is 0 Å². The zero-order valence-corrected chi connectivity index (χ0v) is 19.9. The van der Waals surface area contributed by atoms with Gasteiger partial charge in [0.2, 0.25) is 5.95 Å². The number of carboxylic acid groups (broad SMARTS) is 1. The number of aliphatic carboxylic acids is 1. The van der Waals surface area contributed by atoms with Gasteiger partial charge in [0.05, 0.1) is 24.5 Å². The summed E-state index contributed by atoms with van der Waals surface area (Å²) in [6.45, 7) is 1.39. The predicted molar refractivity (Wildman–Crippen MR) is 130 cm³/mol. The molecule has 2 heterocycles. The number of aromatic nitrogens is 4. The number of pyridine rings is 1. The molecule has 37 heavy (non-hydrogen) atoms. The summed E-state index contributed by atoms with van der Waals surface area (Å²) in [6, 6.07) is 12.0. The standard InChI is InChI=1S/C24H19ClF3N5O4/c1-13(10-20(34)35)33-22(36)31-21(32(23(33)37)12-14-2-5-16(25)6-3-14)29-17-7-8-18-15(11-17)4-9-19(30-18)24(26,27)28/h2-9,11,13H,10,12H2,1H3,(H,34,35)(H,29,31,36)/t13-/m0/s1. The molecule has 0 saturated heterocycles. The van der Waals surface area contributed by atoms with Crippen molar-refractivity contribution >= 4 is 40.1 Å². The average molecular weight is 534 g/mol. The summed E-state index contributed by atoms with van der Waals surface area (Å²) in [4.78, 5) is 44.9. The molecule has 2 aromatic carbocycles. The lowest BCUT2D eigenvalue weighted by molar-refractivity contribution is -0.141. The van der Waals surface area contributed by atoms with Gasteiger partial charge in [0, 0.05) is 16.1 Å². The fourth-order valence-corrected chi connectivity index (χ4v) is 3.85. The van der Waals surface area contributed by atoms with E-state index in [0.717, 1.165) is 15.2 Å². The van der Waals surface area contributed by atoms with E-state index < -0.39 is 41.7 Å². The quantitative estimate of drug-likeness (QED) is 0.360. The second kappa shape index (κ2) is 10.1. The Hall–Kier alpha value is -4.19. The minimum Gasteiger partial charge on any atom is -0.481 e. The van der Waals surface area contributed by atoms with Gasteiger partial charge in [-0.05, 0) is 48.9 Å². The van der Waals surface area contributed by atoms with E-state index in [-0.39, 0.29) is 18.0 Å². The molecule has 0 aliphatic carbocycles. The van der Waals surface area contributed by atoms with E-state index in [1.807, 2.05) is 0 Å². The van der Waals surface area contributed by atoms with Crippen LogP contribution in [0, 0.1) is 0 Å². The Morgan fingerprint density at radius 3 is 2.43 bits per heavy atom. The molecular weight excluding hydrogens is 515 g/mol. The Morgan fingerprint density at radius 2 is 1.78 bits per heavy atom. The minimum atomic E-state index is -4.59. The molecule has 0 aliphatic heterocycles. The van der Waals surface area contributed by atoms with Crippen LogP contribution in [-0.2, 0) is 17.5 Å². The third-order valence-electron chi connectivity index (χ3n) is 5.50. The molecule has 0 aliphatic rings. The Labute approximate surface area is 211 Å². The van der Waals surface area contributed by atoms with E-state index in [9.17, 15) is 27.6 Å². The van der Waals surface area contributed by atoms with Gasteiger partial charge in [-0.15, -0.1) is 0 Å². The van der Waals surface area contributed by atoms with Crippen molar-refractivity contribution in [2.45, 2.75) is 32.1 Å². The van der Waals surface area contributed by atoms with Gasteiger partial charge in [-0.25, -0.2) is 19.1 Å². The number of nitrogens with zero attached hydrogens (tertiary/aromatic N) is 4. The molecule has 4 aromatic rings. The van der Waals surface area contributed by atoms with E-state index in [4.69, 9.17) is 16.7 Å². The smallest absolute Gasteiger partial charge is 0.433 e. The number of hydrogen-bond donors (Lipinski definition) is 2. The highest BCUT2D eigenvalue weighted by atomic mass is 35.5. The van der Waals surface area contributed by atoms with Crippen molar-refractivity contribution in [1.82, 2.24) is 19.1 Å². The Balaban J connectivity index is 1.78. The van der Waals surface area contributed by atoms with Crippen LogP contribution in [0.15, 0.2) is 64.2 Å². The number of anilines is 2. The van der Waals surface area contributed by atoms with Crippen molar-refractivity contribution in [3.05, 3.63) is 91.8 Å². The topological polar surface area (TPSA) is 119 Å². The number of fused-ring (bicyclic) bond motifs is 1. The van der Waals surface area contributed by atoms with Crippen molar-refractivity contribution in [2.24, 2.45) is 0 Å². The molecule has 0 bridgehead atoms. The first-order chi connectivity index (χ1) is 17.4. The van der Waals surface area contributed by atoms with E-state index in [2.05, 4.69) is 15.3 Å². The molecule has 0 saturated carbocycles. The Kier molecular flexibility index (Phi) is 7.03. The SMILES string of the molecule is C[C@@H](CC(=O)O)n1c(=O)nc(Nc2ccc3nc(C(F)(F)F)ccc3c2)n(Cc2ccc(Cl)cc2)c1=O. The first kappa shape index (κ1) is 25.9. The first-order valence-electron chi connectivity index (χ1n) is 10.9. The van der Waals surface area contributed by atoms with Crippen LogP contribution >= 0.6 is 11.6 Å². The lowest BCUT2D eigenvalue weighted by atomic mass is 10.2. The molecule has 0 spiro atoms. The molecule has 192 valence electrons. The number of alkyl halides is 3. The summed E-state index contributed by atoms with van der Waals surface area (Å²) >= 11 is 5.94. The maximum atomic E-state index is 13.3. The Morgan fingerprint density at radius 1 is 1.08 bits per heavy atom. The summed E-state index contributed by atoms with van der Waals surface area (Å²) in [5.74, 6) is -1.33. The van der Waals surface area contributed by atoms with E-state index in [1.54, 1.807) is 24.3 Å². The van der Waals surface area contributed by atoms with Crippen LogP contribution in [0.5, 0.6) is 0 Å². The largest absolute Gasteiger partial charge is 0.481 e.